The van der Waals surface area contributed by atoms with Crippen LogP contribution in [-0.4, -0.2) is 22.7 Å². The highest BCUT2D eigenvalue weighted by atomic mass is 35.5. The summed E-state index contributed by atoms with van der Waals surface area (Å²) in [7, 11) is 0. The second kappa shape index (κ2) is 6.89. The SMILES string of the molecule is O=C(Nc1ccc(Cl)cc1)c1ccnc(Nc2ccc3c(c2)OCO3)n1. The second-order valence-electron chi connectivity index (χ2n) is 5.42. The molecule has 0 saturated heterocycles. The van der Waals surface area contributed by atoms with Gasteiger partial charge in [0.15, 0.2) is 11.5 Å². The number of carbonyl (C=O) groups excluding carboxylic acids is 1. The average molecular weight is 369 g/mol. The van der Waals surface area contributed by atoms with Crippen LogP contribution in [0.3, 0.4) is 0 Å². The molecule has 0 spiro atoms. The number of halogens is 1. The van der Waals surface area contributed by atoms with Crippen molar-refractivity contribution in [2.45, 2.75) is 0 Å². The van der Waals surface area contributed by atoms with E-state index in [9.17, 15) is 4.79 Å². The van der Waals surface area contributed by atoms with Gasteiger partial charge in [-0.25, -0.2) is 9.97 Å². The first-order chi connectivity index (χ1) is 12.7. The molecule has 0 bridgehead atoms. The topological polar surface area (TPSA) is 85.4 Å². The number of nitrogens with zero attached hydrogens (tertiary/aromatic N) is 2. The van der Waals surface area contributed by atoms with Crippen molar-refractivity contribution < 1.29 is 14.3 Å². The fourth-order valence-electron chi connectivity index (χ4n) is 2.38. The van der Waals surface area contributed by atoms with Crippen molar-refractivity contribution in [1.29, 1.82) is 0 Å². The number of ether oxygens (including phenoxy) is 2. The standard InChI is InChI=1S/C18H13ClN4O3/c19-11-1-3-12(4-2-11)21-17(24)14-7-8-20-18(23-14)22-13-5-6-15-16(9-13)26-10-25-15/h1-9H,10H2,(H,21,24)(H,20,22,23). The normalized spacial score (nSPS) is 11.9. The van der Waals surface area contributed by atoms with Gasteiger partial charge in [-0.1, -0.05) is 11.6 Å². The fourth-order valence-corrected chi connectivity index (χ4v) is 2.50. The number of benzene rings is 2. The summed E-state index contributed by atoms with van der Waals surface area (Å²) in [4.78, 5) is 20.7. The highest BCUT2D eigenvalue weighted by molar-refractivity contribution is 6.30. The van der Waals surface area contributed by atoms with Crippen LogP contribution >= 0.6 is 11.6 Å². The predicted molar refractivity (Wildman–Crippen MR) is 97.3 cm³/mol. The lowest BCUT2D eigenvalue weighted by molar-refractivity contribution is 0.102. The predicted octanol–water partition coefficient (Wildman–Crippen LogP) is 3.85. The largest absolute Gasteiger partial charge is 0.454 e. The van der Waals surface area contributed by atoms with Gasteiger partial charge in [0.05, 0.1) is 0 Å². The van der Waals surface area contributed by atoms with Gasteiger partial charge < -0.3 is 20.1 Å². The van der Waals surface area contributed by atoms with Crippen LogP contribution in [0.4, 0.5) is 17.3 Å². The molecule has 1 aromatic heterocycles. The van der Waals surface area contributed by atoms with E-state index < -0.39 is 0 Å². The van der Waals surface area contributed by atoms with Gasteiger partial charge in [-0.3, -0.25) is 4.79 Å². The molecule has 2 aromatic carbocycles. The molecule has 1 amide bonds. The van der Waals surface area contributed by atoms with E-state index in [1.165, 1.54) is 12.3 Å². The van der Waals surface area contributed by atoms with Gasteiger partial charge >= 0.3 is 0 Å². The molecule has 3 aromatic rings. The highest BCUT2D eigenvalue weighted by Crippen LogP contribution is 2.34. The van der Waals surface area contributed by atoms with E-state index in [1.807, 2.05) is 6.07 Å². The third-order valence-electron chi connectivity index (χ3n) is 3.62. The Bertz CT molecular complexity index is 963. The summed E-state index contributed by atoms with van der Waals surface area (Å²) in [6, 6.07) is 13.8. The lowest BCUT2D eigenvalue weighted by Gasteiger charge is -2.08. The number of anilines is 3. The lowest BCUT2D eigenvalue weighted by Crippen LogP contribution is -2.14. The van der Waals surface area contributed by atoms with E-state index in [4.69, 9.17) is 21.1 Å². The van der Waals surface area contributed by atoms with Gasteiger partial charge in [-0.2, -0.15) is 0 Å². The molecular formula is C18H13ClN4O3. The Hall–Kier alpha value is -3.32. The molecule has 1 aliphatic rings. The number of carbonyl (C=O) groups is 1. The lowest BCUT2D eigenvalue weighted by atomic mass is 10.3. The number of aromatic nitrogens is 2. The zero-order valence-corrected chi connectivity index (χ0v) is 14.2. The quantitative estimate of drug-likeness (QED) is 0.727. The molecule has 0 radical (unpaired) electrons. The smallest absolute Gasteiger partial charge is 0.274 e. The van der Waals surface area contributed by atoms with Crippen molar-refractivity contribution in [2.75, 3.05) is 17.4 Å². The van der Waals surface area contributed by atoms with Crippen LogP contribution in [-0.2, 0) is 0 Å². The summed E-state index contributed by atoms with van der Waals surface area (Å²) in [5.41, 5.74) is 1.59. The van der Waals surface area contributed by atoms with Gasteiger partial charge in [0.2, 0.25) is 12.7 Å². The Morgan fingerprint density at radius 2 is 1.77 bits per heavy atom. The first kappa shape index (κ1) is 16.2. The summed E-state index contributed by atoms with van der Waals surface area (Å²) < 4.78 is 10.6. The summed E-state index contributed by atoms with van der Waals surface area (Å²) in [5, 5.41) is 6.40. The van der Waals surface area contributed by atoms with Crippen LogP contribution in [0.25, 0.3) is 0 Å². The maximum Gasteiger partial charge on any atom is 0.274 e. The Kier molecular flexibility index (Phi) is 4.28. The van der Waals surface area contributed by atoms with Crippen LogP contribution in [0.5, 0.6) is 11.5 Å². The maximum absolute atomic E-state index is 12.4. The van der Waals surface area contributed by atoms with E-state index in [2.05, 4.69) is 20.6 Å². The summed E-state index contributed by atoms with van der Waals surface area (Å²) in [5.74, 6) is 1.29. The Balaban J connectivity index is 1.49. The number of hydrogen-bond donors (Lipinski definition) is 2. The molecule has 0 atom stereocenters. The molecule has 2 heterocycles. The van der Waals surface area contributed by atoms with Gasteiger partial charge in [-0.15, -0.1) is 0 Å². The minimum atomic E-state index is -0.344. The number of nitrogens with one attached hydrogen (secondary N) is 2. The minimum absolute atomic E-state index is 0.204. The molecule has 7 nitrogen and oxygen atoms in total. The van der Waals surface area contributed by atoms with Gasteiger partial charge in [0, 0.05) is 28.7 Å². The van der Waals surface area contributed by atoms with E-state index in [0.29, 0.717) is 28.2 Å². The number of rotatable bonds is 4. The molecule has 130 valence electrons. The maximum atomic E-state index is 12.4. The monoisotopic (exact) mass is 368 g/mol. The highest BCUT2D eigenvalue weighted by Gasteiger charge is 2.14. The molecular weight excluding hydrogens is 356 g/mol. The summed E-state index contributed by atoms with van der Waals surface area (Å²) in [6.45, 7) is 0.204. The van der Waals surface area contributed by atoms with Gasteiger partial charge in [0.25, 0.3) is 5.91 Å². The molecule has 0 saturated carbocycles. The zero-order valence-electron chi connectivity index (χ0n) is 13.4. The molecule has 1 aliphatic heterocycles. The molecule has 26 heavy (non-hydrogen) atoms. The molecule has 0 fully saturated rings. The third-order valence-corrected chi connectivity index (χ3v) is 3.87. The molecule has 0 unspecified atom stereocenters. The summed E-state index contributed by atoms with van der Waals surface area (Å²) in [6.07, 6.45) is 1.51. The third kappa shape index (κ3) is 3.52. The first-order valence-electron chi connectivity index (χ1n) is 7.74. The molecule has 2 N–H and O–H groups in total. The van der Waals surface area contributed by atoms with E-state index in [0.717, 1.165) is 5.69 Å². The van der Waals surface area contributed by atoms with Crippen LogP contribution in [0, 0.1) is 0 Å². The van der Waals surface area contributed by atoms with E-state index in [-0.39, 0.29) is 18.4 Å². The zero-order chi connectivity index (χ0) is 17.9. The number of hydrogen-bond acceptors (Lipinski definition) is 6. The van der Waals surface area contributed by atoms with E-state index in [1.54, 1.807) is 36.4 Å². The van der Waals surface area contributed by atoms with Gasteiger partial charge in [0.1, 0.15) is 5.69 Å². The van der Waals surface area contributed by atoms with Gasteiger partial charge in [-0.05, 0) is 42.5 Å². The van der Waals surface area contributed by atoms with Crippen molar-refractivity contribution in [1.82, 2.24) is 9.97 Å². The second-order valence-corrected chi connectivity index (χ2v) is 5.86. The molecule has 4 rings (SSSR count). The van der Waals surface area contributed by atoms with Crippen molar-refractivity contribution >= 4 is 34.8 Å². The number of fused-ring (bicyclic) bond motifs is 1. The summed E-state index contributed by atoms with van der Waals surface area (Å²) >= 11 is 5.84. The Labute approximate surface area is 154 Å². The Morgan fingerprint density at radius 1 is 1.00 bits per heavy atom. The minimum Gasteiger partial charge on any atom is -0.454 e. The van der Waals surface area contributed by atoms with Crippen molar-refractivity contribution in [2.24, 2.45) is 0 Å². The van der Waals surface area contributed by atoms with E-state index >= 15 is 0 Å². The fraction of sp³-hybridized carbons (Fsp3) is 0.0556. The van der Waals surface area contributed by atoms with Crippen molar-refractivity contribution in [3.05, 3.63) is 65.4 Å². The average Bonchev–Trinajstić information content (AvgIpc) is 3.12. The van der Waals surface area contributed by atoms with Crippen molar-refractivity contribution in [3.63, 3.8) is 0 Å². The molecule has 8 heteroatoms. The van der Waals surface area contributed by atoms with Crippen LogP contribution in [0.15, 0.2) is 54.7 Å². The van der Waals surface area contributed by atoms with Crippen LogP contribution in [0.1, 0.15) is 10.5 Å². The Morgan fingerprint density at radius 3 is 2.62 bits per heavy atom. The first-order valence-corrected chi connectivity index (χ1v) is 8.12. The van der Waals surface area contributed by atoms with Crippen molar-refractivity contribution in [3.8, 4) is 11.5 Å². The number of amides is 1. The molecule has 0 aliphatic carbocycles. The van der Waals surface area contributed by atoms with Crippen LogP contribution in [0.2, 0.25) is 5.02 Å². The van der Waals surface area contributed by atoms with Crippen LogP contribution < -0.4 is 20.1 Å².